The Bertz CT molecular complexity index is 81.6. The fourth-order valence-corrected chi connectivity index (χ4v) is 1.00. The molecule has 0 aromatic rings. The lowest BCUT2D eigenvalue weighted by Gasteiger charge is -2.18. The van der Waals surface area contributed by atoms with Crippen LogP contribution in [-0.2, 0) is 0 Å². The van der Waals surface area contributed by atoms with Crippen LogP contribution in [0.3, 0.4) is 0 Å². The highest BCUT2D eigenvalue weighted by Crippen LogP contribution is 2.06. The highest BCUT2D eigenvalue weighted by molar-refractivity contribution is 4.74. The highest BCUT2D eigenvalue weighted by atomic mass is 16.3. The molecule has 2 nitrogen and oxygen atoms in total. The lowest BCUT2D eigenvalue weighted by Crippen LogP contribution is -2.25. The molecule has 0 aromatic heterocycles. The molecule has 0 rings (SSSR count). The molecule has 0 bridgehead atoms. The van der Waals surface area contributed by atoms with Gasteiger partial charge in [0, 0.05) is 6.54 Å². The second-order valence-electron chi connectivity index (χ2n) is 2.70. The summed E-state index contributed by atoms with van der Waals surface area (Å²) in [6, 6.07) is 0. The Labute approximate surface area is 70.2 Å². The van der Waals surface area contributed by atoms with Crippen molar-refractivity contribution in [2.75, 3.05) is 19.6 Å². The van der Waals surface area contributed by atoms with E-state index in [1.807, 2.05) is 6.92 Å². The maximum Gasteiger partial charge on any atom is 0.0943 e. The molecule has 67 valence electrons. The molecule has 0 unspecified atom stereocenters. The minimum absolute atomic E-state index is 0.622. The number of hydrogen-bond donors (Lipinski definition) is 1. The summed E-state index contributed by atoms with van der Waals surface area (Å²) in [5.74, 6) is 0. The van der Waals surface area contributed by atoms with E-state index in [2.05, 4.69) is 18.7 Å². The molecule has 2 heteroatoms. The quantitative estimate of drug-likeness (QED) is 0.639. The van der Waals surface area contributed by atoms with Crippen LogP contribution < -0.4 is 0 Å². The van der Waals surface area contributed by atoms with E-state index in [4.69, 9.17) is 0 Å². The Morgan fingerprint density at radius 1 is 1.18 bits per heavy atom. The van der Waals surface area contributed by atoms with Gasteiger partial charge >= 0.3 is 0 Å². The van der Waals surface area contributed by atoms with Crippen molar-refractivity contribution in [3.63, 3.8) is 0 Å². The first-order chi connectivity index (χ1) is 5.24. The van der Waals surface area contributed by atoms with Crippen LogP contribution in [0.1, 0.15) is 33.6 Å². The molecule has 0 spiro atoms. The van der Waals surface area contributed by atoms with Crippen LogP contribution in [0.4, 0.5) is 0 Å². The lowest BCUT2D eigenvalue weighted by atomic mass is 10.2. The normalized spacial score (nSPS) is 11.5. The van der Waals surface area contributed by atoms with Gasteiger partial charge in [-0.15, -0.1) is 0 Å². The third-order valence-electron chi connectivity index (χ3n) is 2.02. The van der Waals surface area contributed by atoms with Crippen LogP contribution in [0.5, 0.6) is 0 Å². The monoisotopic (exact) mass is 158 g/mol. The largest absolute Gasteiger partial charge is 0.387 e. The predicted molar refractivity (Wildman–Crippen MR) is 47.9 cm³/mol. The first-order valence-electron chi connectivity index (χ1n) is 4.50. The summed E-state index contributed by atoms with van der Waals surface area (Å²) >= 11 is 0. The second kappa shape index (κ2) is 6.62. The van der Waals surface area contributed by atoms with Gasteiger partial charge in [-0.2, -0.15) is 0 Å². The topological polar surface area (TPSA) is 23.5 Å². The van der Waals surface area contributed by atoms with Crippen molar-refractivity contribution in [2.24, 2.45) is 0 Å². The summed E-state index contributed by atoms with van der Waals surface area (Å²) in [6.07, 6.45) is 2.25. The summed E-state index contributed by atoms with van der Waals surface area (Å²) < 4.78 is 0. The van der Waals surface area contributed by atoms with E-state index in [0.717, 1.165) is 32.5 Å². The Morgan fingerprint density at radius 2 is 1.73 bits per heavy atom. The zero-order valence-electron chi connectivity index (χ0n) is 7.93. The Balaban J connectivity index is 3.34. The second-order valence-corrected chi connectivity index (χ2v) is 2.70. The average molecular weight is 158 g/mol. The molecule has 0 aromatic carbocycles. The van der Waals surface area contributed by atoms with Crippen molar-refractivity contribution in [3.05, 3.63) is 6.10 Å². The molecule has 0 amide bonds. The van der Waals surface area contributed by atoms with Gasteiger partial charge in [0.2, 0.25) is 0 Å². The molecule has 0 atom stereocenters. The predicted octanol–water partition coefficient (Wildman–Crippen LogP) is 2.03. The van der Waals surface area contributed by atoms with Crippen LogP contribution >= 0.6 is 0 Å². The fraction of sp³-hybridized carbons (Fsp3) is 0.889. The molecule has 0 heterocycles. The smallest absolute Gasteiger partial charge is 0.0943 e. The minimum Gasteiger partial charge on any atom is -0.387 e. The van der Waals surface area contributed by atoms with Gasteiger partial charge in [-0.1, -0.05) is 20.8 Å². The van der Waals surface area contributed by atoms with E-state index >= 15 is 0 Å². The molecule has 0 saturated carbocycles. The van der Waals surface area contributed by atoms with E-state index < -0.39 is 0 Å². The van der Waals surface area contributed by atoms with E-state index in [0.29, 0.717) is 6.10 Å². The fourth-order valence-electron chi connectivity index (χ4n) is 1.00. The molecule has 1 radical (unpaired) electrons. The Morgan fingerprint density at radius 3 is 2.09 bits per heavy atom. The third-order valence-corrected chi connectivity index (χ3v) is 2.02. The standard InChI is InChI=1S/C9H20NO/c1-4-9(11)7-8-10(5-2)6-3/h11H,4-8H2,1-3H3. The number of hydrogen-bond acceptors (Lipinski definition) is 2. The summed E-state index contributed by atoms with van der Waals surface area (Å²) in [7, 11) is 0. The van der Waals surface area contributed by atoms with Gasteiger partial charge in [-0.25, -0.2) is 0 Å². The number of aliphatic hydroxyl groups is 1. The zero-order chi connectivity index (χ0) is 8.69. The highest BCUT2D eigenvalue weighted by Gasteiger charge is 2.04. The summed E-state index contributed by atoms with van der Waals surface area (Å²) in [5, 5.41) is 9.19. The van der Waals surface area contributed by atoms with Crippen molar-refractivity contribution in [3.8, 4) is 0 Å². The van der Waals surface area contributed by atoms with Crippen molar-refractivity contribution >= 4 is 0 Å². The molecule has 0 fully saturated rings. The van der Waals surface area contributed by atoms with Crippen molar-refractivity contribution < 1.29 is 5.11 Å². The van der Waals surface area contributed by atoms with Crippen LogP contribution in [0, 0.1) is 6.10 Å². The van der Waals surface area contributed by atoms with Gasteiger partial charge in [0.1, 0.15) is 0 Å². The zero-order valence-corrected chi connectivity index (χ0v) is 7.93. The Hall–Kier alpha value is -0.0800. The van der Waals surface area contributed by atoms with Gasteiger partial charge in [-0.3, -0.25) is 0 Å². The van der Waals surface area contributed by atoms with Crippen molar-refractivity contribution in [1.82, 2.24) is 4.90 Å². The average Bonchev–Trinajstić information content (AvgIpc) is 2.06. The minimum atomic E-state index is 0.622. The molecule has 1 N–H and O–H groups in total. The van der Waals surface area contributed by atoms with Gasteiger partial charge in [0.05, 0.1) is 6.10 Å². The number of aliphatic hydroxyl groups excluding tert-OH is 1. The van der Waals surface area contributed by atoms with Gasteiger partial charge in [0.25, 0.3) is 0 Å². The number of nitrogens with zero attached hydrogens (tertiary/aromatic N) is 1. The third kappa shape index (κ3) is 5.22. The van der Waals surface area contributed by atoms with Crippen LogP contribution in [-0.4, -0.2) is 29.6 Å². The van der Waals surface area contributed by atoms with Crippen LogP contribution in [0.2, 0.25) is 0 Å². The summed E-state index contributed by atoms with van der Waals surface area (Å²) in [5.41, 5.74) is 0. The van der Waals surface area contributed by atoms with E-state index in [9.17, 15) is 5.11 Å². The van der Waals surface area contributed by atoms with Gasteiger partial charge in [0.15, 0.2) is 0 Å². The van der Waals surface area contributed by atoms with Crippen molar-refractivity contribution in [1.29, 1.82) is 0 Å². The van der Waals surface area contributed by atoms with E-state index in [1.165, 1.54) is 0 Å². The summed E-state index contributed by atoms with van der Waals surface area (Å²) in [6.45, 7) is 9.42. The molecule has 11 heavy (non-hydrogen) atoms. The summed E-state index contributed by atoms with van der Waals surface area (Å²) in [4.78, 5) is 2.31. The Kier molecular flexibility index (Phi) is 6.57. The maximum absolute atomic E-state index is 9.19. The molecular formula is C9H20NO. The first kappa shape index (κ1) is 10.9. The van der Waals surface area contributed by atoms with E-state index in [1.54, 1.807) is 0 Å². The van der Waals surface area contributed by atoms with Crippen LogP contribution in [0.15, 0.2) is 0 Å². The van der Waals surface area contributed by atoms with E-state index in [-0.39, 0.29) is 0 Å². The SMILES string of the molecule is CC[C](O)CCN(CC)CC. The molecule has 0 aliphatic rings. The van der Waals surface area contributed by atoms with Crippen molar-refractivity contribution in [2.45, 2.75) is 33.6 Å². The first-order valence-corrected chi connectivity index (χ1v) is 4.50. The molecule has 0 aliphatic heterocycles. The van der Waals surface area contributed by atoms with Gasteiger partial charge in [-0.05, 0) is 25.9 Å². The number of rotatable bonds is 6. The van der Waals surface area contributed by atoms with Crippen LogP contribution in [0.25, 0.3) is 0 Å². The van der Waals surface area contributed by atoms with Gasteiger partial charge < -0.3 is 10.0 Å². The molecule has 0 saturated heterocycles. The lowest BCUT2D eigenvalue weighted by molar-refractivity contribution is 0.229. The molecular weight excluding hydrogens is 138 g/mol. The maximum atomic E-state index is 9.19. The molecule has 0 aliphatic carbocycles.